The number of benzene rings is 1. The Labute approximate surface area is 181 Å². The van der Waals surface area contributed by atoms with Crippen LogP contribution in [0.4, 0.5) is 15.8 Å². The van der Waals surface area contributed by atoms with Crippen LogP contribution in [0, 0.1) is 11.7 Å². The molecule has 7 heteroatoms. The van der Waals surface area contributed by atoms with Gasteiger partial charge in [0.25, 0.3) is 0 Å². The minimum Gasteiger partial charge on any atom is -0.385 e. The average molecular weight is 440 g/mol. The zero-order valence-electron chi connectivity index (χ0n) is 18.7. The quantitative estimate of drug-likeness (QED) is 0.605. The molecule has 5 nitrogen and oxygen atoms in total. The highest BCUT2D eigenvalue weighted by molar-refractivity contribution is 7.90. The molecule has 0 unspecified atom stereocenters. The predicted octanol–water partition coefficient (Wildman–Crippen LogP) is 4.89. The lowest BCUT2D eigenvalue weighted by Gasteiger charge is -2.33. The number of nitrogens with zero attached hydrogens (tertiary/aromatic N) is 1. The van der Waals surface area contributed by atoms with Crippen LogP contribution in [0.2, 0.25) is 0 Å². The number of hydrogen-bond acceptors (Lipinski definition) is 4. The molecule has 2 aliphatic rings. The van der Waals surface area contributed by atoms with Crippen LogP contribution in [0.3, 0.4) is 0 Å². The first-order valence-electron chi connectivity index (χ1n) is 11.5. The van der Waals surface area contributed by atoms with E-state index < -0.39 is 15.3 Å². The maximum absolute atomic E-state index is 14.3. The minimum absolute atomic E-state index is 0.0403. The molecule has 1 aromatic rings. The standard InChI is InChI=1S/C23H38FN3O2S/c1-17(2)30(28,29)26-20-11-9-18(10-12-20)16-25-21-13-19(24)14-23(15-21)27(3)22-7-5-4-6-8-22/h13-15,17-18,20,22,25-26H,4-12,16H2,1-3H3/t18-,20-. The van der Waals surface area contributed by atoms with Crippen LogP contribution in [0.25, 0.3) is 0 Å². The van der Waals surface area contributed by atoms with E-state index in [9.17, 15) is 12.8 Å². The van der Waals surface area contributed by atoms with Crippen molar-refractivity contribution in [3.8, 4) is 0 Å². The van der Waals surface area contributed by atoms with Gasteiger partial charge in [0, 0.05) is 37.1 Å². The second-order valence-corrected chi connectivity index (χ2v) is 11.7. The lowest BCUT2D eigenvalue weighted by molar-refractivity contribution is 0.323. The van der Waals surface area contributed by atoms with Crippen molar-refractivity contribution >= 4 is 21.4 Å². The van der Waals surface area contributed by atoms with E-state index in [-0.39, 0.29) is 11.9 Å². The third-order valence-corrected chi connectivity index (χ3v) is 8.71. The summed E-state index contributed by atoms with van der Waals surface area (Å²) in [4.78, 5) is 2.24. The van der Waals surface area contributed by atoms with Gasteiger partial charge in [-0.3, -0.25) is 0 Å². The third kappa shape index (κ3) is 6.33. The van der Waals surface area contributed by atoms with Crippen LogP contribution in [0.1, 0.15) is 71.6 Å². The van der Waals surface area contributed by atoms with E-state index in [1.807, 2.05) is 0 Å². The first kappa shape index (κ1) is 23.3. The normalized spacial score (nSPS) is 23.5. The Balaban J connectivity index is 1.51. The molecule has 0 saturated heterocycles. The molecule has 0 aromatic heterocycles. The summed E-state index contributed by atoms with van der Waals surface area (Å²) < 4.78 is 41.2. The fourth-order valence-corrected chi connectivity index (χ4v) is 5.65. The third-order valence-electron chi connectivity index (χ3n) is 6.81. The molecule has 2 aliphatic carbocycles. The number of halogens is 1. The van der Waals surface area contributed by atoms with Crippen molar-refractivity contribution < 1.29 is 12.8 Å². The summed E-state index contributed by atoms with van der Waals surface area (Å²) in [6.45, 7) is 4.20. The Morgan fingerprint density at radius 1 is 1.03 bits per heavy atom. The molecule has 0 radical (unpaired) electrons. The zero-order valence-corrected chi connectivity index (χ0v) is 19.5. The molecular weight excluding hydrogens is 401 g/mol. The maximum Gasteiger partial charge on any atom is 0.214 e. The van der Waals surface area contributed by atoms with Gasteiger partial charge < -0.3 is 10.2 Å². The van der Waals surface area contributed by atoms with Crippen LogP contribution in [-0.2, 0) is 10.0 Å². The summed E-state index contributed by atoms with van der Waals surface area (Å²) in [5.74, 6) is 0.275. The Bertz CT molecular complexity index is 786. The molecule has 0 amide bonds. The van der Waals surface area contributed by atoms with E-state index in [1.54, 1.807) is 26.0 Å². The second-order valence-electron chi connectivity index (χ2n) is 9.41. The summed E-state index contributed by atoms with van der Waals surface area (Å²) in [6, 6.07) is 5.80. The molecule has 170 valence electrons. The number of anilines is 2. The molecule has 2 N–H and O–H groups in total. The molecule has 0 atom stereocenters. The van der Waals surface area contributed by atoms with Crippen LogP contribution in [-0.4, -0.2) is 39.3 Å². The summed E-state index contributed by atoms with van der Waals surface area (Å²) in [7, 11) is -1.13. The fourth-order valence-electron chi connectivity index (χ4n) is 4.67. The largest absolute Gasteiger partial charge is 0.385 e. The Kier molecular flexibility index (Phi) is 8.02. The van der Waals surface area contributed by atoms with Crippen LogP contribution < -0.4 is 14.9 Å². The highest BCUT2D eigenvalue weighted by atomic mass is 32.2. The van der Waals surface area contributed by atoms with E-state index in [0.29, 0.717) is 12.0 Å². The Morgan fingerprint density at radius 3 is 2.33 bits per heavy atom. The van der Waals surface area contributed by atoms with E-state index in [4.69, 9.17) is 0 Å². The second kappa shape index (κ2) is 10.3. The van der Waals surface area contributed by atoms with Gasteiger partial charge in [-0.1, -0.05) is 19.3 Å². The molecule has 0 aliphatic heterocycles. The number of hydrogen-bond donors (Lipinski definition) is 2. The van der Waals surface area contributed by atoms with Crippen LogP contribution >= 0.6 is 0 Å². The first-order valence-corrected chi connectivity index (χ1v) is 13.1. The van der Waals surface area contributed by atoms with Crippen molar-refractivity contribution in [1.82, 2.24) is 4.72 Å². The van der Waals surface area contributed by atoms with Gasteiger partial charge in [0.2, 0.25) is 10.0 Å². The molecule has 3 rings (SSSR count). The summed E-state index contributed by atoms with van der Waals surface area (Å²) in [5.41, 5.74) is 1.77. The fraction of sp³-hybridized carbons (Fsp3) is 0.739. The van der Waals surface area contributed by atoms with Crippen LogP contribution in [0.5, 0.6) is 0 Å². The van der Waals surface area contributed by atoms with Gasteiger partial charge in [-0.15, -0.1) is 0 Å². The lowest BCUT2D eigenvalue weighted by Crippen LogP contribution is -2.41. The average Bonchev–Trinajstić information content (AvgIpc) is 2.72. The van der Waals surface area contributed by atoms with Gasteiger partial charge in [-0.05, 0) is 76.5 Å². The first-order chi connectivity index (χ1) is 14.2. The van der Waals surface area contributed by atoms with Crippen molar-refractivity contribution in [3.05, 3.63) is 24.0 Å². The van der Waals surface area contributed by atoms with E-state index in [2.05, 4.69) is 28.1 Å². The molecule has 0 bridgehead atoms. The number of sulfonamides is 1. The summed E-state index contributed by atoms with van der Waals surface area (Å²) in [5, 5.41) is 3.03. The van der Waals surface area contributed by atoms with Crippen molar-refractivity contribution in [2.75, 3.05) is 23.8 Å². The van der Waals surface area contributed by atoms with Crippen molar-refractivity contribution in [3.63, 3.8) is 0 Å². The molecule has 0 heterocycles. The Hall–Kier alpha value is -1.34. The van der Waals surface area contributed by atoms with Crippen LogP contribution in [0.15, 0.2) is 18.2 Å². The van der Waals surface area contributed by atoms with E-state index in [0.717, 1.165) is 43.6 Å². The summed E-state index contributed by atoms with van der Waals surface area (Å²) in [6.07, 6.45) is 9.84. The van der Waals surface area contributed by atoms with E-state index >= 15 is 0 Å². The molecule has 2 saturated carbocycles. The molecule has 30 heavy (non-hydrogen) atoms. The SMILES string of the molecule is CC(C)S(=O)(=O)N[C@H]1CC[C@H](CNc2cc(F)cc(N(C)C3CCCCC3)c2)CC1. The smallest absolute Gasteiger partial charge is 0.214 e. The highest BCUT2D eigenvalue weighted by Crippen LogP contribution is 2.30. The number of rotatable bonds is 8. The van der Waals surface area contributed by atoms with Gasteiger partial charge in [0.1, 0.15) is 5.82 Å². The monoisotopic (exact) mass is 439 g/mol. The highest BCUT2D eigenvalue weighted by Gasteiger charge is 2.26. The van der Waals surface area contributed by atoms with Crippen molar-refractivity contribution in [1.29, 1.82) is 0 Å². The van der Waals surface area contributed by atoms with Gasteiger partial charge in [-0.25, -0.2) is 17.5 Å². The van der Waals surface area contributed by atoms with Gasteiger partial charge >= 0.3 is 0 Å². The topological polar surface area (TPSA) is 61.4 Å². The number of nitrogens with one attached hydrogen (secondary N) is 2. The molecule has 1 aromatic carbocycles. The lowest BCUT2D eigenvalue weighted by atomic mass is 9.86. The molecule has 0 spiro atoms. The Morgan fingerprint density at radius 2 is 1.70 bits per heavy atom. The maximum atomic E-state index is 14.3. The van der Waals surface area contributed by atoms with Gasteiger partial charge in [0.05, 0.1) is 5.25 Å². The summed E-state index contributed by atoms with van der Waals surface area (Å²) >= 11 is 0. The van der Waals surface area contributed by atoms with Crippen molar-refractivity contribution in [2.24, 2.45) is 5.92 Å². The van der Waals surface area contributed by atoms with E-state index in [1.165, 1.54) is 32.1 Å². The molecule has 2 fully saturated rings. The zero-order chi connectivity index (χ0) is 21.7. The molecular formula is C23H38FN3O2S. The minimum atomic E-state index is -3.21. The van der Waals surface area contributed by atoms with Gasteiger partial charge in [-0.2, -0.15) is 0 Å². The van der Waals surface area contributed by atoms with Crippen molar-refractivity contribution in [2.45, 2.75) is 89.0 Å². The predicted molar refractivity (Wildman–Crippen MR) is 123 cm³/mol. The van der Waals surface area contributed by atoms with Gasteiger partial charge in [0.15, 0.2) is 0 Å².